The van der Waals surface area contributed by atoms with Gasteiger partial charge >= 0.3 is 0 Å². The van der Waals surface area contributed by atoms with E-state index in [-0.39, 0.29) is 15.7 Å². The lowest BCUT2D eigenvalue weighted by Crippen LogP contribution is -2.15. The van der Waals surface area contributed by atoms with Gasteiger partial charge in [0.15, 0.2) is 0 Å². The minimum absolute atomic E-state index is 0.158. The standard InChI is InChI=1S/C13H9Cl2N3O2/c14-10-6-17-11(15)5-9(10)13(20)18-8-3-1-2-7(4-8)12(16)19/h1-6H,(H2,16,19)(H,18,20). The van der Waals surface area contributed by atoms with Gasteiger partial charge in [0.2, 0.25) is 5.91 Å². The fourth-order valence-electron chi connectivity index (χ4n) is 1.54. The monoisotopic (exact) mass is 309 g/mol. The number of hydrogen-bond acceptors (Lipinski definition) is 3. The van der Waals surface area contributed by atoms with Crippen LogP contribution in [-0.2, 0) is 0 Å². The summed E-state index contributed by atoms with van der Waals surface area (Å²) < 4.78 is 0. The summed E-state index contributed by atoms with van der Waals surface area (Å²) in [7, 11) is 0. The van der Waals surface area contributed by atoms with Crippen molar-refractivity contribution in [3.05, 3.63) is 57.8 Å². The number of amides is 2. The Bertz CT molecular complexity index is 689. The Hall–Kier alpha value is -2.11. The second-order valence-corrected chi connectivity index (χ2v) is 4.68. The van der Waals surface area contributed by atoms with Crippen molar-refractivity contribution in [2.45, 2.75) is 0 Å². The molecule has 102 valence electrons. The molecule has 0 fully saturated rings. The highest BCUT2D eigenvalue weighted by molar-refractivity contribution is 6.35. The van der Waals surface area contributed by atoms with Crippen LogP contribution in [0.1, 0.15) is 20.7 Å². The second kappa shape index (κ2) is 5.90. The predicted octanol–water partition coefficient (Wildman–Crippen LogP) is 2.74. The minimum Gasteiger partial charge on any atom is -0.366 e. The van der Waals surface area contributed by atoms with Crippen molar-refractivity contribution in [1.29, 1.82) is 0 Å². The van der Waals surface area contributed by atoms with Crippen molar-refractivity contribution < 1.29 is 9.59 Å². The number of pyridine rings is 1. The average Bonchev–Trinajstić information content (AvgIpc) is 2.41. The van der Waals surface area contributed by atoms with Crippen molar-refractivity contribution in [3.63, 3.8) is 0 Å². The molecule has 0 spiro atoms. The van der Waals surface area contributed by atoms with Crippen LogP contribution < -0.4 is 11.1 Å². The minimum atomic E-state index is -0.578. The highest BCUT2D eigenvalue weighted by Gasteiger charge is 2.12. The Morgan fingerprint density at radius 3 is 2.65 bits per heavy atom. The van der Waals surface area contributed by atoms with Crippen LogP contribution in [0.4, 0.5) is 5.69 Å². The number of primary amides is 1. The number of halogens is 2. The number of benzene rings is 1. The van der Waals surface area contributed by atoms with E-state index in [1.54, 1.807) is 18.2 Å². The fourth-order valence-corrected chi connectivity index (χ4v) is 1.88. The first-order valence-corrected chi connectivity index (χ1v) is 6.25. The number of carbonyl (C=O) groups excluding carboxylic acids is 2. The van der Waals surface area contributed by atoms with Gasteiger partial charge in [0.25, 0.3) is 5.91 Å². The molecule has 0 aliphatic heterocycles. The normalized spacial score (nSPS) is 10.1. The van der Waals surface area contributed by atoms with E-state index < -0.39 is 11.8 Å². The van der Waals surface area contributed by atoms with Gasteiger partial charge in [-0.3, -0.25) is 9.59 Å². The lowest BCUT2D eigenvalue weighted by Gasteiger charge is -2.07. The molecule has 0 unspecified atom stereocenters. The molecule has 1 aromatic heterocycles. The van der Waals surface area contributed by atoms with Crippen molar-refractivity contribution in [3.8, 4) is 0 Å². The van der Waals surface area contributed by atoms with E-state index in [0.717, 1.165) is 0 Å². The van der Waals surface area contributed by atoms with Crippen LogP contribution in [0, 0.1) is 0 Å². The Kier molecular flexibility index (Phi) is 4.22. The van der Waals surface area contributed by atoms with Gasteiger partial charge in [-0.1, -0.05) is 29.3 Å². The van der Waals surface area contributed by atoms with Crippen LogP contribution in [0.3, 0.4) is 0 Å². The van der Waals surface area contributed by atoms with Gasteiger partial charge in [-0.2, -0.15) is 0 Å². The maximum Gasteiger partial charge on any atom is 0.257 e. The van der Waals surface area contributed by atoms with Gasteiger partial charge < -0.3 is 11.1 Å². The van der Waals surface area contributed by atoms with E-state index in [0.29, 0.717) is 11.3 Å². The van der Waals surface area contributed by atoms with Crippen LogP contribution in [0.2, 0.25) is 10.2 Å². The van der Waals surface area contributed by atoms with E-state index in [9.17, 15) is 9.59 Å². The van der Waals surface area contributed by atoms with Crippen molar-refractivity contribution >= 4 is 40.7 Å². The first kappa shape index (κ1) is 14.3. The van der Waals surface area contributed by atoms with Gasteiger partial charge in [0.1, 0.15) is 5.15 Å². The molecule has 0 aliphatic rings. The summed E-state index contributed by atoms with van der Waals surface area (Å²) in [6, 6.07) is 7.61. The van der Waals surface area contributed by atoms with E-state index in [4.69, 9.17) is 28.9 Å². The van der Waals surface area contributed by atoms with Crippen molar-refractivity contribution in [2.75, 3.05) is 5.32 Å². The topological polar surface area (TPSA) is 85.1 Å². The SMILES string of the molecule is NC(=O)c1cccc(NC(=O)c2cc(Cl)ncc2Cl)c1. The fraction of sp³-hybridized carbons (Fsp3) is 0. The summed E-state index contributed by atoms with van der Waals surface area (Å²) in [6.07, 6.45) is 1.29. The zero-order valence-electron chi connectivity index (χ0n) is 10.1. The molecule has 2 amide bonds. The predicted molar refractivity (Wildman–Crippen MR) is 77.2 cm³/mol. The molecular weight excluding hydrogens is 301 g/mol. The summed E-state index contributed by atoms with van der Waals surface area (Å²) in [5.74, 6) is -1.04. The van der Waals surface area contributed by atoms with Gasteiger partial charge in [0, 0.05) is 17.4 Å². The van der Waals surface area contributed by atoms with Gasteiger partial charge in [0.05, 0.1) is 10.6 Å². The maximum absolute atomic E-state index is 12.1. The third-order valence-electron chi connectivity index (χ3n) is 2.47. The number of aromatic nitrogens is 1. The van der Waals surface area contributed by atoms with E-state index in [2.05, 4.69) is 10.3 Å². The lowest BCUT2D eigenvalue weighted by atomic mass is 10.2. The summed E-state index contributed by atoms with van der Waals surface area (Å²) in [4.78, 5) is 26.9. The number of nitrogens with two attached hydrogens (primary N) is 1. The zero-order chi connectivity index (χ0) is 14.7. The van der Waals surface area contributed by atoms with Crippen LogP contribution in [0.25, 0.3) is 0 Å². The molecule has 0 atom stereocenters. The van der Waals surface area contributed by atoms with Gasteiger partial charge in [-0.15, -0.1) is 0 Å². The van der Waals surface area contributed by atoms with Crippen LogP contribution in [0.5, 0.6) is 0 Å². The molecule has 5 nitrogen and oxygen atoms in total. The molecule has 2 aromatic rings. The van der Waals surface area contributed by atoms with Crippen LogP contribution in [0.15, 0.2) is 36.5 Å². The number of rotatable bonds is 3. The van der Waals surface area contributed by atoms with E-state index in [1.807, 2.05) is 0 Å². The molecule has 0 radical (unpaired) electrons. The molecule has 0 bridgehead atoms. The number of carbonyl (C=O) groups is 2. The molecule has 0 saturated heterocycles. The van der Waals surface area contributed by atoms with Crippen LogP contribution >= 0.6 is 23.2 Å². The van der Waals surface area contributed by atoms with Gasteiger partial charge in [-0.05, 0) is 24.3 Å². The molecular formula is C13H9Cl2N3O2. The molecule has 3 N–H and O–H groups in total. The summed E-state index contributed by atoms with van der Waals surface area (Å²) in [5.41, 5.74) is 6.08. The number of hydrogen-bond donors (Lipinski definition) is 2. The van der Waals surface area contributed by atoms with Crippen LogP contribution in [-0.4, -0.2) is 16.8 Å². The highest BCUT2D eigenvalue weighted by Crippen LogP contribution is 2.20. The molecule has 2 rings (SSSR count). The largest absolute Gasteiger partial charge is 0.366 e. The number of nitrogens with one attached hydrogen (secondary N) is 1. The smallest absolute Gasteiger partial charge is 0.257 e. The summed E-state index contributed by atoms with van der Waals surface area (Å²) in [6.45, 7) is 0. The molecule has 0 saturated carbocycles. The average molecular weight is 310 g/mol. The number of anilines is 1. The molecule has 7 heteroatoms. The Labute approximate surface area is 124 Å². The molecule has 20 heavy (non-hydrogen) atoms. The zero-order valence-corrected chi connectivity index (χ0v) is 11.6. The third-order valence-corrected chi connectivity index (χ3v) is 2.98. The Morgan fingerprint density at radius 2 is 1.95 bits per heavy atom. The molecule has 1 heterocycles. The first-order chi connectivity index (χ1) is 9.47. The molecule has 1 aromatic carbocycles. The Morgan fingerprint density at radius 1 is 1.20 bits per heavy atom. The van der Waals surface area contributed by atoms with E-state index >= 15 is 0 Å². The van der Waals surface area contributed by atoms with Crippen molar-refractivity contribution in [1.82, 2.24) is 4.98 Å². The highest BCUT2D eigenvalue weighted by atomic mass is 35.5. The quantitative estimate of drug-likeness (QED) is 0.855. The van der Waals surface area contributed by atoms with Crippen molar-refractivity contribution in [2.24, 2.45) is 5.73 Å². The summed E-state index contributed by atoms with van der Waals surface area (Å²) in [5, 5.41) is 2.94. The van der Waals surface area contributed by atoms with Gasteiger partial charge in [-0.25, -0.2) is 4.98 Å². The third kappa shape index (κ3) is 3.26. The summed E-state index contributed by atoms with van der Waals surface area (Å²) >= 11 is 11.6. The van der Waals surface area contributed by atoms with E-state index in [1.165, 1.54) is 18.3 Å². The number of nitrogens with zero attached hydrogens (tertiary/aromatic N) is 1. The second-order valence-electron chi connectivity index (χ2n) is 3.89. The molecule has 0 aliphatic carbocycles. The lowest BCUT2D eigenvalue weighted by molar-refractivity contribution is 0.0996. The Balaban J connectivity index is 2.25. The first-order valence-electron chi connectivity index (χ1n) is 5.49. The maximum atomic E-state index is 12.1.